The van der Waals surface area contributed by atoms with Gasteiger partial charge in [0.05, 0.1) is 17.9 Å². The summed E-state index contributed by atoms with van der Waals surface area (Å²) in [4.78, 5) is 0. The Labute approximate surface area is 184 Å². The maximum atomic E-state index is 2.33. The van der Waals surface area contributed by atoms with Gasteiger partial charge in [-0.25, -0.2) is 0 Å². The van der Waals surface area contributed by atoms with E-state index in [1.54, 1.807) is 0 Å². The Balaban J connectivity index is 1.65. The van der Waals surface area contributed by atoms with Gasteiger partial charge in [-0.2, -0.15) is 0 Å². The zero-order chi connectivity index (χ0) is 20.9. The summed E-state index contributed by atoms with van der Waals surface area (Å²) in [5, 5.41) is 4.63. The van der Waals surface area contributed by atoms with Crippen molar-refractivity contribution >= 4 is 23.0 Å². The van der Waals surface area contributed by atoms with Crippen LogP contribution < -0.4 is 5.01 Å². The summed E-state index contributed by atoms with van der Waals surface area (Å²) in [7, 11) is 0. The van der Waals surface area contributed by atoms with Crippen molar-refractivity contribution in [2.24, 2.45) is 0 Å². The highest BCUT2D eigenvalue weighted by molar-refractivity contribution is 6.00. The normalized spacial score (nSPS) is 13.9. The van der Waals surface area contributed by atoms with Crippen LogP contribution in [0.15, 0.2) is 128 Å². The van der Waals surface area contributed by atoms with Crippen molar-refractivity contribution in [3.63, 3.8) is 0 Å². The van der Waals surface area contributed by atoms with E-state index in [2.05, 4.69) is 138 Å². The SMILES string of the molecule is C(=CN1CC(c2ccccc2)=C(c2ccccc2)N1c1ccccc1)c1ccccc1. The van der Waals surface area contributed by atoms with E-state index in [1.165, 1.54) is 28.0 Å². The molecule has 2 nitrogen and oxygen atoms in total. The molecule has 0 amide bonds. The molecule has 0 N–H and O–H groups in total. The number of hydrogen-bond acceptors (Lipinski definition) is 2. The van der Waals surface area contributed by atoms with E-state index in [9.17, 15) is 0 Å². The number of benzene rings is 4. The van der Waals surface area contributed by atoms with E-state index in [4.69, 9.17) is 0 Å². The lowest BCUT2D eigenvalue weighted by Gasteiger charge is -2.31. The minimum atomic E-state index is 0.798. The highest BCUT2D eigenvalue weighted by Crippen LogP contribution is 2.40. The largest absolute Gasteiger partial charge is 0.283 e. The molecule has 4 aromatic carbocycles. The standard InChI is InChI=1S/C29H24N2/c1-5-13-24(14-6-1)21-22-30-23-28(25-15-7-2-8-16-25)29(26-17-9-3-10-18-26)31(30)27-19-11-4-12-20-27/h1-22H,23H2. The van der Waals surface area contributed by atoms with Crippen LogP contribution in [-0.2, 0) is 0 Å². The van der Waals surface area contributed by atoms with Gasteiger partial charge in [0, 0.05) is 17.3 Å². The Morgan fingerprint density at radius 2 is 1.06 bits per heavy atom. The van der Waals surface area contributed by atoms with Crippen molar-refractivity contribution in [2.45, 2.75) is 0 Å². The van der Waals surface area contributed by atoms with Gasteiger partial charge < -0.3 is 0 Å². The van der Waals surface area contributed by atoms with Crippen molar-refractivity contribution in [3.8, 4) is 0 Å². The smallest absolute Gasteiger partial charge is 0.0761 e. The van der Waals surface area contributed by atoms with Crippen LogP contribution in [-0.4, -0.2) is 11.6 Å². The van der Waals surface area contributed by atoms with E-state index in [1.807, 2.05) is 6.07 Å². The molecular formula is C29H24N2. The maximum Gasteiger partial charge on any atom is 0.0761 e. The van der Waals surface area contributed by atoms with Crippen LogP contribution in [0.25, 0.3) is 17.3 Å². The average molecular weight is 401 g/mol. The van der Waals surface area contributed by atoms with E-state index in [0.717, 1.165) is 12.2 Å². The van der Waals surface area contributed by atoms with Crippen molar-refractivity contribution < 1.29 is 0 Å². The van der Waals surface area contributed by atoms with Crippen LogP contribution in [0.4, 0.5) is 5.69 Å². The third kappa shape index (κ3) is 4.01. The molecule has 4 aromatic rings. The number of para-hydroxylation sites is 1. The Kier molecular flexibility index (Phi) is 5.36. The highest BCUT2D eigenvalue weighted by Gasteiger charge is 2.31. The number of nitrogens with zero attached hydrogens (tertiary/aromatic N) is 2. The molecule has 0 unspecified atom stereocenters. The van der Waals surface area contributed by atoms with Gasteiger partial charge in [0.15, 0.2) is 0 Å². The molecule has 1 aliphatic heterocycles. The molecule has 5 rings (SSSR count). The summed E-state index contributed by atoms with van der Waals surface area (Å²) in [6.07, 6.45) is 4.35. The van der Waals surface area contributed by atoms with Crippen LogP contribution in [0.2, 0.25) is 0 Å². The minimum absolute atomic E-state index is 0.798. The Morgan fingerprint density at radius 1 is 0.548 bits per heavy atom. The van der Waals surface area contributed by atoms with Gasteiger partial charge in [0.1, 0.15) is 0 Å². The second-order valence-electron chi connectivity index (χ2n) is 7.53. The molecular weight excluding hydrogens is 376 g/mol. The van der Waals surface area contributed by atoms with Crippen molar-refractivity contribution in [3.05, 3.63) is 144 Å². The van der Waals surface area contributed by atoms with Crippen LogP contribution in [0.5, 0.6) is 0 Å². The molecule has 1 aliphatic rings. The van der Waals surface area contributed by atoms with Gasteiger partial charge in [-0.15, -0.1) is 0 Å². The quantitative estimate of drug-likeness (QED) is 0.357. The first kappa shape index (κ1) is 19.0. The van der Waals surface area contributed by atoms with Gasteiger partial charge >= 0.3 is 0 Å². The number of rotatable bonds is 5. The number of hydrogen-bond donors (Lipinski definition) is 0. The van der Waals surface area contributed by atoms with Gasteiger partial charge in [0.2, 0.25) is 0 Å². The second kappa shape index (κ2) is 8.76. The molecule has 0 atom stereocenters. The van der Waals surface area contributed by atoms with Gasteiger partial charge in [-0.05, 0) is 29.3 Å². The fourth-order valence-electron chi connectivity index (χ4n) is 4.03. The molecule has 150 valence electrons. The molecule has 0 aromatic heterocycles. The zero-order valence-corrected chi connectivity index (χ0v) is 17.3. The lowest BCUT2D eigenvalue weighted by atomic mass is 10.00. The van der Waals surface area contributed by atoms with Gasteiger partial charge in [-0.3, -0.25) is 10.0 Å². The average Bonchev–Trinajstić information content (AvgIpc) is 3.24. The lowest BCUT2D eigenvalue weighted by Crippen LogP contribution is -2.32. The van der Waals surface area contributed by atoms with E-state index < -0.39 is 0 Å². The number of hydrazine groups is 1. The highest BCUT2D eigenvalue weighted by atomic mass is 15.6. The second-order valence-corrected chi connectivity index (χ2v) is 7.53. The molecule has 0 aliphatic carbocycles. The van der Waals surface area contributed by atoms with Gasteiger partial charge in [-0.1, -0.05) is 109 Å². The summed E-state index contributed by atoms with van der Waals surface area (Å²) in [6.45, 7) is 0.798. The van der Waals surface area contributed by atoms with Crippen LogP contribution in [0, 0.1) is 0 Å². The molecule has 1 heterocycles. The van der Waals surface area contributed by atoms with Crippen LogP contribution in [0.1, 0.15) is 16.7 Å². The predicted molar refractivity (Wildman–Crippen MR) is 131 cm³/mol. The first-order chi connectivity index (χ1) is 15.4. The first-order valence-corrected chi connectivity index (χ1v) is 10.6. The van der Waals surface area contributed by atoms with Crippen molar-refractivity contribution in [2.75, 3.05) is 11.6 Å². The molecule has 0 spiro atoms. The fraction of sp³-hybridized carbons (Fsp3) is 0.0345. The summed E-state index contributed by atoms with van der Waals surface area (Å²) < 4.78 is 0. The topological polar surface area (TPSA) is 6.48 Å². The van der Waals surface area contributed by atoms with E-state index in [0.29, 0.717) is 0 Å². The minimum Gasteiger partial charge on any atom is -0.283 e. The third-order valence-electron chi connectivity index (χ3n) is 5.48. The van der Waals surface area contributed by atoms with Crippen LogP contribution in [0.3, 0.4) is 0 Å². The molecule has 31 heavy (non-hydrogen) atoms. The van der Waals surface area contributed by atoms with Crippen LogP contribution >= 0.6 is 0 Å². The fourth-order valence-corrected chi connectivity index (χ4v) is 4.03. The molecule has 0 saturated carbocycles. The summed E-state index contributed by atoms with van der Waals surface area (Å²) in [5.41, 5.74) is 7.32. The first-order valence-electron chi connectivity index (χ1n) is 10.6. The van der Waals surface area contributed by atoms with E-state index in [-0.39, 0.29) is 0 Å². The number of anilines is 1. The molecule has 0 fully saturated rings. The molecule has 0 saturated heterocycles. The Hall–Kier alpha value is -4.04. The zero-order valence-electron chi connectivity index (χ0n) is 17.3. The Morgan fingerprint density at radius 3 is 1.68 bits per heavy atom. The lowest BCUT2D eigenvalue weighted by molar-refractivity contribution is 0.456. The monoisotopic (exact) mass is 400 g/mol. The summed E-state index contributed by atoms with van der Waals surface area (Å²) in [5.74, 6) is 0. The third-order valence-corrected chi connectivity index (χ3v) is 5.48. The summed E-state index contributed by atoms with van der Waals surface area (Å²) >= 11 is 0. The molecule has 0 radical (unpaired) electrons. The van der Waals surface area contributed by atoms with Crippen molar-refractivity contribution in [1.29, 1.82) is 0 Å². The van der Waals surface area contributed by atoms with Crippen molar-refractivity contribution in [1.82, 2.24) is 5.01 Å². The predicted octanol–water partition coefficient (Wildman–Crippen LogP) is 6.96. The van der Waals surface area contributed by atoms with E-state index >= 15 is 0 Å². The molecule has 0 bridgehead atoms. The van der Waals surface area contributed by atoms with Gasteiger partial charge in [0.25, 0.3) is 0 Å². The summed E-state index contributed by atoms with van der Waals surface area (Å²) in [6, 6.07) is 42.4. The Bertz CT molecular complexity index is 1180. The maximum absolute atomic E-state index is 2.33. The molecule has 2 heteroatoms.